The van der Waals surface area contributed by atoms with Gasteiger partial charge >= 0.3 is 5.97 Å². The van der Waals surface area contributed by atoms with E-state index in [0.717, 1.165) is 62.1 Å². The van der Waals surface area contributed by atoms with Crippen LogP contribution >= 0.6 is 11.3 Å². The molecule has 2 aromatic carbocycles. The molecule has 1 unspecified atom stereocenters. The lowest BCUT2D eigenvalue weighted by molar-refractivity contribution is -0.138. The second kappa shape index (κ2) is 11.6. The molecule has 3 aliphatic rings. The summed E-state index contributed by atoms with van der Waals surface area (Å²) in [6.07, 6.45) is 6.73. The number of carboxylic acids is 1. The van der Waals surface area contributed by atoms with Crippen LogP contribution in [0.5, 0.6) is 0 Å². The highest BCUT2D eigenvalue weighted by Crippen LogP contribution is 2.38. The van der Waals surface area contributed by atoms with Crippen molar-refractivity contribution in [1.29, 1.82) is 0 Å². The molecule has 5 heterocycles. The Hall–Kier alpha value is -4.42. The van der Waals surface area contributed by atoms with E-state index in [-0.39, 0.29) is 24.2 Å². The molecule has 2 amide bonds. The quantitative estimate of drug-likeness (QED) is 0.295. The van der Waals surface area contributed by atoms with Gasteiger partial charge < -0.3 is 14.6 Å². The van der Waals surface area contributed by atoms with E-state index < -0.39 is 29.6 Å². The maximum absolute atomic E-state index is 15.7. The van der Waals surface area contributed by atoms with Gasteiger partial charge in [-0.2, -0.15) is 0 Å². The lowest BCUT2D eigenvalue weighted by Gasteiger charge is -2.31. The van der Waals surface area contributed by atoms with Crippen molar-refractivity contribution >= 4 is 34.3 Å². The van der Waals surface area contributed by atoms with E-state index in [1.807, 2.05) is 33.7 Å². The van der Waals surface area contributed by atoms with E-state index in [1.54, 1.807) is 24.0 Å². The minimum Gasteiger partial charge on any atom is -0.480 e. The predicted octanol–water partition coefficient (Wildman–Crippen LogP) is 4.69. The number of nitrogens with one attached hydrogen (secondary N) is 1. The summed E-state index contributed by atoms with van der Waals surface area (Å²) in [5.74, 6) is -1.81. The number of carbonyl (C=O) groups excluding carboxylic acids is 2. The molecule has 1 saturated heterocycles. The zero-order valence-electron chi connectivity index (χ0n) is 23.9. The number of carbonyl (C=O) groups is 3. The lowest BCUT2D eigenvalue weighted by Crippen LogP contribution is -2.38. The number of rotatable bonds is 8. The van der Waals surface area contributed by atoms with Gasteiger partial charge in [-0.05, 0) is 73.5 Å². The molecule has 0 bridgehead atoms. The molecule has 0 spiro atoms. The first-order valence-electron chi connectivity index (χ1n) is 14.8. The van der Waals surface area contributed by atoms with Gasteiger partial charge in [-0.3, -0.25) is 24.6 Å². The third kappa shape index (κ3) is 5.28. The first kappa shape index (κ1) is 28.4. The summed E-state index contributed by atoms with van der Waals surface area (Å²) in [6, 6.07) is 10.1. The molecule has 2 aromatic heterocycles. The van der Waals surface area contributed by atoms with E-state index in [1.165, 1.54) is 22.3 Å². The highest BCUT2D eigenvalue weighted by molar-refractivity contribution is 7.13. The zero-order chi connectivity index (χ0) is 30.4. The summed E-state index contributed by atoms with van der Waals surface area (Å²) in [5.41, 5.74) is 4.49. The van der Waals surface area contributed by atoms with Crippen molar-refractivity contribution in [3.63, 3.8) is 0 Å². The summed E-state index contributed by atoms with van der Waals surface area (Å²) in [4.78, 5) is 50.7. The lowest BCUT2D eigenvalue weighted by atomic mass is 9.88. The minimum absolute atomic E-state index is 0.0396. The van der Waals surface area contributed by atoms with Gasteiger partial charge in [0, 0.05) is 34.9 Å². The SMILES string of the molecule is O=C(O)CN1CCC(c2ccc(-c3cc(F)c4c(c3)C(=O)N(C(C(=O)Nc3nccs3)c3ncn5c3CCC5)C4)cc2)CC1. The molecule has 0 aliphatic carbocycles. The van der Waals surface area contributed by atoms with Gasteiger partial charge in [0.2, 0.25) is 0 Å². The number of likely N-dealkylation sites (tertiary alicyclic amines) is 1. The van der Waals surface area contributed by atoms with Crippen LogP contribution in [0.25, 0.3) is 11.1 Å². The summed E-state index contributed by atoms with van der Waals surface area (Å²) in [7, 11) is 0. The van der Waals surface area contributed by atoms with Crippen LogP contribution in [0.4, 0.5) is 9.52 Å². The first-order chi connectivity index (χ1) is 21.4. The van der Waals surface area contributed by atoms with E-state index in [9.17, 15) is 14.4 Å². The predicted molar refractivity (Wildman–Crippen MR) is 162 cm³/mol. The second-order valence-corrected chi connectivity index (χ2v) is 12.5. The van der Waals surface area contributed by atoms with E-state index >= 15 is 4.39 Å². The van der Waals surface area contributed by atoms with Crippen molar-refractivity contribution in [2.24, 2.45) is 0 Å². The molecule has 3 aliphatic heterocycles. The highest BCUT2D eigenvalue weighted by atomic mass is 32.1. The van der Waals surface area contributed by atoms with Crippen LogP contribution in [0.3, 0.4) is 0 Å². The van der Waals surface area contributed by atoms with Gasteiger partial charge in [-0.15, -0.1) is 11.3 Å². The molecule has 0 radical (unpaired) electrons. The summed E-state index contributed by atoms with van der Waals surface area (Å²) in [5, 5.41) is 14.1. The van der Waals surface area contributed by atoms with Crippen LogP contribution in [0.1, 0.15) is 64.1 Å². The number of aromatic nitrogens is 3. The Morgan fingerprint density at radius 3 is 2.61 bits per heavy atom. The Morgan fingerprint density at radius 2 is 1.89 bits per heavy atom. The van der Waals surface area contributed by atoms with Crippen LogP contribution < -0.4 is 5.32 Å². The topological polar surface area (TPSA) is 121 Å². The number of piperidine rings is 1. The molecule has 1 atom stereocenters. The molecule has 1 fully saturated rings. The van der Waals surface area contributed by atoms with Gasteiger partial charge in [-0.1, -0.05) is 24.3 Å². The van der Waals surface area contributed by atoms with E-state index in [2.05, 4.69) is 15.3 Å². The number of nitrogens with zero attached hydrogens (tertiary/aromatic N) is 5. The number of amides is 2. The molecule has 2 N–H and O–H groups in total. The number of benzene rings is 2. The first-order valence-corrected chi connectivity index (χ1v) is 15.7. The van der Waals surface area contributed by atoms with Gasteiger partial charge in [0.1, 0.15) is 5.82 Å². The molecular weight excluding hydrogens is 583 g/mol. The van der Waals surface area contributed by atoms with Gasteiger partial charge in [-0.25, -0.2) is 14.4 Å². The molecule has 0 saturated carbocycles. The van der Waals surface area contributed by atoms with Crippen LogP contribution in [0, 0.1) is 5.82 Å². The number of hydrogen-bond acceptors (Lipinski definition) is 7. The monoisotopic (exact) mass is 614 g/mol. The van der Waals surface area contributed by atoms with Crippen LogP contribution in [-0.4, -0.2) is 66.9 Å². The normalized spacial score (nSPS) is 17.5. The average molecular weight is 615 g/mol. The Morgan fingerprint density at radius 1 is 1.09 bits per heavy atom. The fourth-order valence-corrected chi connectivity index (χ4v) is 7.26. The summed E-state index contributed by atoms with van der Waals surface area (Å²) in [6.45, 7) is 2.30. The second-order valence-electron chi connectivity index (χ2n) is 11.6. The third-order valence-corrected chi connectivity index (χ3v) is 9.64. The van der Waals surface area contributed by atoms with Crippen molar-refractivity contribution < 1.29 is 23.9 Å². The van der Waals surface area contributed by atoms with Gasteiger partial charge in [0.05, 0.1) is 25.1 Å². The number of aliphatic carboxylic acids is 1. The van der Waals surface area contributed by atoms with Crippen molar-refractivity contribution in [3.8, 4) is 11.1 Å². The summed E-state index contributed by atoms with van der Waals surface area (Å²) < 4.78 is 17.7. The largest absolute Gasteiger partial charge is 0.480 e. The Bertz CT molecular complexity index is 1730. The fourth-order valence-electron chi connectivity index (χ4n) is 6.73. The zero-order valence-corrected chi connectivity index (χ0v) is 24.7. The highest BCUT2D eigenvalue weighted by Gasteiger charge is 2.42. The number of carboxylic acid groups (broad SMARTS) is 1. The number of imidazole rings is 1. The summed E-state index contributed by atoms with van der Waals surface area (Å²) >= 11 is 1.28. The molecule has 226 valence electrons. The Labute approximate surface area is 257 Å². The standard InChI is InChI=1S/C32H31FN6O4S/c33-25-15-22(20-5-3-19(4-6-20)21-7-11-37(12-8-21)17-27(40)41)14-23-24(25)16-39(31(23)43)29(30(42)36-32-34-9-13-44-32)28-26-2-1-10-38(26)18-35-28/h3-6,9,13-15,18,21,29H,1-2,7-8,10-12,16-17H2,(H,40,41)(H,34,36,42). The van der Waals surface area contributed by atoms with E-state index in [0.29, 0.717) is 22.3 Å². The van der Waals surface area contributed by atoms with Crippen molar-refractivity contribution in [2.45, 2.75) is 50.7 Å². The van der Waals surface area contributed by atoms with Crippen molar-refractivity contribution in [1.82, 2.24) is 24.3 Å². The number of anilines is 1. The average Bonchev–Trinajstić information content (AvgIpc) is 3.82. The number of hydrogen-bond donors (Lipinski definition) is 2. The molecule has 7 rings (SSSR count). The molecular formula is C32H31FN6O4S. The van der Waals surface area contributed by atoms with Crippen LogP contribution in [-0.2, 0) is 29.1 Å². The van der Waals surface area contributed by atoms with Crippen LogP contribution in [0.15, 0.2) is 54.3 Å². The smallest absolute Gasteiger partial charge is 0.317 e. The Kier molecular flexibility index (Phi) is 7.47. The fraction of sp³-hybridized carbons (Fsp3) is 0.344. The van der Waals surface area contributed by atoms with Crippen LogP contribution in [0.2, 0.25) is 0 Å². The van der Waals surface area contributed by atoms with Gasteiger partial charge in [0.25, 0.3) is 11.8 Å². The Balaban J connectivity index is 1.14. The third-order valence-electron chi connectivity index (χ3n) is 8.95. The molecule has 12 heteroatoms. The minimum atomic E-state index is -1.03. The molecule has 10 nitrogen and oxygen atoms in total. The van der Waals surface area contributed by atoms with Gasteiger partial charge in [0.15, 0.2) is 11.2 Å². The van der Waals surface area contributed by atoms with E-state index in [4.69, 9.17) is 5.11 Å². The van der Waals surface area contributed by atoms with Crippen molar-refractivity contribution in [3.05, 3.63) is 88.2 Å². The maximum Gasteiger partial charge on any atom is 0.317 e. The number of fused-ring (bicyclic) bond motifs is 2. The number of aryl methyl sites for hydroxylation is 1. The number of thiazole rings is 1. The number of halogens is 1. The maximum atomic E-state index is 15.7. The molecule has 44 heavy (non-hydrogen) atoms. The molecule has 4 aromatic rings. The van der Waals surface area contributed by atoms with Crippen molar-refractivity contribution in [2.75, 3.05) is 25.0 Å².